The first-order valence-corrected chi connectivity index (χ1v) is 14.8. The van der Waals surface area contributed by atoms with Crippen LogP contribution in [0, 0.1) is 0 Å². The first kappa shape index (κ1) is 35.1. The SMILES string of the molecule is CC(=O)Nc1nc2c(c(=O)[nH]1)N(C)[C@H](CNc1ccc(C(=O)N[C@@H](CCC(=O)OC(C)(C)C)C(=O)OC(C)(C)C)c(Cl)n1)CN2. The van der Waals surface area contributed by atoms with E-state index in [0.717, 1.165) is 0 Å². The van der Waals surface area contributed by atoms with Crippen molar-refractivity contribution in [2.45, 2.75) is 84.6 Å². The second-order valence-electron chi connectivity index (χ2n) is 12.5. The number of halogens is 1. The molecule has 2 aromatic rings. The molecule has 15 nitrogen and oxygen atoms in total. The van der Waals surface area contributed by atoms with Crippen molar-refractivity contribution in [3.05, 3.63) is 33.2 Å². The zero-order valence-electron chi connectivity index (χ0n) is 26.7. The quantitative estimate of drug-likeness (QED) is 0.187. The lowest BCUT2D eigenvalue weighted by molar-refractivity contribution is -0.158. The largest absolute Gasteiger partial charge is 0.460 e. The second kappa shape index (κ2) is 14.1. The molecular weight excluding hydrogens is 608 g/mol. The summed E-state index contributed by atoms with van der Waals surface area (Å²) in [5.41, 5.74) is -1.60. The van der Waals surface area contributed by atoms with Gasteiger partial charge in [0.1, 0.15) is 33.9 Å². The number of nitrogens with one attached hydrogen (secondary N) is 5. The Morgan fingerprint density at radius 1 is 1.09 bits per heavy atom. The van der Waals surface area contributed by atoms with Gasteiger partial charge >= 0.3 is 11.9 Å². The number of amides is 2. The Kier molecular flexibility index (Phi) is 11.0. The summed E-state index contributed by atoms with van der Waals surface area (Å²) in [6.45, 7) is 12.4. The van der Waals surface area contributed by atoms with E-state index in [-0.39, 0.29) is 41.5 Å². The fraction of sp³-hybridized carbons (Fsp3) is 0.552. The van der Waals surface area contributed by atoms with Crippen LogP contribution in [-0.2, 0) is 23.9 Å². The number of anilines is 4. The van der Waals surface area contributed by atoms with E-state index in [1.54, 1.807) is 59.6 Å². The van der Waals surface area contributed by atoms with Gasteiger partial charge in [0.15, 0.2) is 5.82 Å². The van der Waals surface area contributed by atoms with Crippen molar-refractivity contribution >= 4 is 58.6 Å². The van der Waals surface area contributed by atoms with Crippen molar-refractivity contribution in [3.63, 3.8) is 0 Å². The van der Waals surface area contributed by atoms with Crippen LogP contribution in [0.4, 0.5) is 23.3 Å². The van der Waals surface area contributed by atoms with Crippen molar-refractivity contribution in [2.75, 3.05) is 41.0 Å². The topological polar surface area (TPSA) is 197 Å². The van der Waals surface area contributed by atoms with Gasteiger partial charge in [-0.15, -0.1) is 0 Å². The van der Waals surface area contributed by atoms with Gasteiger partial charge in [0, 0.05) is 33.5 Å². The van der Waals surface area contributed by atoms with Gasteiger partial charge < -0.3 is 30.3 Å². The number of hydrogen-bond acceptors (Lipinski definition) is 12. The van der Waals surface area contributed by atoms with Crippen LogP contribution in [0.2, 0.25) is 5.15 Å². The van der Waals surface area contributed by atoms with Crippen LogP contribution in [-0.4, -0.2) is 82.1 Å². The Morgan fingerprint density at radius 2 is 1.76 bits per heavy atom. The second-order valence-corrected chi connectivity index (χ2v) is 12.9. The number of aromatic nitrogens is 3. The van der Waals surface area contributed by atoms with Gasteiger partial charge in [0.25, 0.3) is 11.5 Å². The molecule has 0 aromatic carbocycles. The maximum Gasteiger partial charge on any atom is 0.329 e. The van der Waals surface area contributed by atoms with Crippen LogP contribution in [0.3, 0.4) is 0 Å². The lowest BCUT2D eigenvalue weighted by Gasteiger charge is -2.35. The molecule has 2 amide bonds. The summed E-state index contributed by atoms with van der Waals surface area (Å²) in [6, 6.07) is 1.68. The van der Waals surface area contributed by atoms with Crippen LogP contribution in [0.25, 0.3) is 0 Å². The summed E-state index contributed by atoms with van der Waals surface area (Å²) in [4.78, 5) is 75.2. The van der Waals surface area contributed by atoms with Crippen molar-refractivity contribution < 1.29 is 28.7 Å². The average molecular weight is 649 g/mol. The van der Waals surface area contributed by atoms with Gasteiger partial charge in [-0.05, 0) is 60.1 Å². The smallest absolute Gasteiger partial charge is 0.329 e. The Hall–Kier alpha value is -4.40. The van der Waals surface area contributed by atoms with E-state index >= 15 is 0 Å². The number of esters is 2. The summed E-state index contributed by atoms with van der Waals surface area (Å²) in [5, 5.41) is 11.2. The normalized spacial score (nSPS) is 15.2. The molecule has 246 valence electrons. The number of carbonyl (C=O) groups is 4. The van der Waals surface area contributed by atoms with Gasteiger partial charge in [-0.2, -0.15) is 4.98 Å². The lowest BCUT2D eigenvalue weighted by Crippen LogP contribution is -2.48. The van der Waals surface area contributed by atoms with Gasteiger partial charge in [0.2, 0.25) is 11.9 Å². The van der Waals surface area contributed by atoms with Crippen LogP contribution in [0.1, 0.15) is 71.7 Å². The van der Waals surface area contributed by atoms with E-state index in [2.05, 4.69) is 36.2 Å². The minimum atomic E-state index is -1.14. The van der Waals surface area contributed by atoms with Gasteiger partial charge in [-0.3, -0.25) is 29.5 Å². The molecule has 2 atom stereocenters. The molecule has 1 aliphatic rings. The fourth-order valence-corrected chi connectivity index (χ4v) is 4.56. The first-order valence-electron chi connectivity index (χ1n) is 14.4. The molecule has 0 unspecified atom stereocenters. The predicted octanol–water partition coefficient (Wildman–Crippen LogP) is 2.68. The van der Waals surface area contributed by atoms with Crippen molar-refractivity contribution in [1.29, 1.82) is 0 Å². The highest BCUT2D eigenvalue weighted by molar-refractivity contribution is 6.32. The van der Waals surface area contributed by atoms with E-state index in [0.29, 0.717) is 30.4 Å². The van der Waals surface area contributed by atoms with E-state index in [4.69, 9.17) is 21.1 Å². The number of carbonyl (C=O) groups excluding carboxylic acids is 4. The summed E-state index contributed by atoms with van der Waals surface area (Å²) in [5.74, 6) is -1.48. The third-order valence-electron chi connectivity index (χ3n) is 6.26. The van der Waals surface area contributed by atoms with Crippen molar-refractivity contribution in [2.24, 2.45) is 0 Å². The summed E-state index contributed by atoms with van der Waals surface area (Å²) >= 11 is 6.37. The Balaban J connectivity index is 1.67. The van der Waals surface area contributed by atoms with Gasteiger partial charge in [-0.25, -0.2) is 9.78 Å². The number of H-pyrrole nitrogens is 1. The number of rotatable bonds is 10. The average Bonchev–Trinajstić information content (AvgIpc) is 2.88. The summed E-state index contributed by atoms with van der Waals surface area (Å²) in [6.07, 6.45) is -0.164. The van der Waals surface area contributed by atoms with E-state index in [9.17, 15) is 24.0 Å². The lowest BCUT2D eigenvalue weighted by atomic mass is 10.1. The number of aromatic amines is 1. The van der Waals surface area contributed by atoms with E-state index < -0.39 is 40.6 Å². The number of hydrogen-bond donors (Lipinski definition) is 5. The number of pyridine rings is 1. The summed E-state index contributed by atoms with van der Waals surface area (Å²) < 4.78 is 10.8. The van der Waals surface area contributed by atoms with Crippen molar-refractivity contribution in [3.8, 4) is 0 Å². The standard InChI is InChI=1S/C29H41ClN8O7/c1-15(39)33-27-36-23-21(25(42)37-27)38(8)16(14-32-23)13-31-19-11-9-17(22(30)35-19)24(41)34-18(26(43)45-29(5,6)7)10-12-20(40)44-28(2,3)4/h9,11,16,18H,10,12-14H2,1-8H3,(H,31,35)(H,34,41)(H3,32,33,36,37,39,42)/t16-,18+/m1/s1. The number of ether oxygens (including phenoxy) is 2. The molecule has 0 aliphatic carbocycles. The fourth-order valence-electron chi connectivity index (χ4n) is 4.32. The third-order valence-corrected chi connectivity index (χ3v) is 6.55. The molecule has 0 bridgehead atoms. The highest BCUT2D eigenvalue weighted by Crippen LogP contribution is 2.26. The zero-order chi connectivity index (χ0) is 33.7. The maximum atomic E-state index is 13.2. The van der Waals surface area contributed by atoms with Crippen LogP contribution in [0.15, 0.2) is 16.9 Å². The maximum absolute atomic E-state index is 13.2. The molecule has 3 heterocycles. The van der Waals surface area contributed by atoms with E-state index in [1.165, 1.54) is 13.0 Å². The summed E-state index contributed by atoms with van der Waals surface area (Å²) in [7, 11) is 1.75. The van der Waals surface area contributed by atoms with Crippen molar-refractivity contribution in [1.82, 2.24) is 20.3 Å². The molecule has 16 heteroatoms. The number of likely N-dealkylation sites (N-methyl/N-ethyl adjacent to an activating group) is 1. The molecule has 5 N–H and O–H groups in total. The minimum absolute atomic E-state index is 0.0194. The third kappa shape index (κ3) is 10.3. The molecular formula is C29H41ClN8O7. The molecule has 0 spiro atoms. The molecule has 1 aliphatic heterocycles. The molecule has 0 saturated carbocycles. The monoisotopic (exact) mass is 648 g/mol. The van der Waals surface area contributed by atoms with Crippen LogP contribution < -0.4 is 31.7 Å². The highest BCUT2D eigenvalue weighted by Gasteiger charge is 2.30. The van der Waals surface area contributed by atoms with Gasteiger partial charge in [0.05, 0.1) is 11.6 Å². The Morgan fingerprint density at radius 3 is 2.36 bits per heavy atom. The van der Waals surface area contributed by atoms with E-state index in [1.807, 2.05) is 0 Å². The molecule has 0 radical (unpaired) electrons. The zero-order valence-corrected chi connectivity index (χ0v) is 27.5. The van der Waals surface area contributed by atoms with Crippen LogP contribution in [0.5, 0.6) is 0 Å². The number of fused-ring (bicyclic) bond motifs is 1. The molecule has 2 aromatic heterocycles. The molecule has 45 heavy (non-hydrogen) atoms. The molecule has 3 rings (SSSR count). The Bertz CT molecular complexity index is 1500. The Labute approximate surface area is 266 Å². The number of nitrogens with zero attached hydrogens (tertiary/aromatic N) is 3. The first-order chi connectivity index (χ1) is 20.8. The minimum Gasteiger partial charge on any atom is -0.460 e. The van der Waals surface area contributed by atoms with Crippen LogP contribution >= 0.6 is 11.6 Å². The van der Waals surface area contributed by atoms with Gasteiger partial charge in [-0.1, -0.05) is 11.6 Å². The predicted molar refractivity (Wildman–Crippen MR) is 170 cm³/mol. The molecule has 0 fully saturated rings. The molecule has 0 saturated heterocycles. The highest BCUT2D eigenvalue weighted by atomic mass is 35.5.